The molecule has 8 nitrogen and oxygen atoms in total. The number of hydrogen-bond acceptors (Lipinski definition) is 7. The summed E-state index contributed by atoms with van der Waals surface area (Å²) in [6.45, 7) is 2.61. The van der Waals surface area contributed by atoms with E-state index in [2.05, 4.69) is 10.1 Å². The second-order valence-corrected chi connectivity index (χ2v) is 8.01. The minimum Gasteiger partial charge on any atom is -0.487 e. The zero-order valence-electron chi connectivity index (χ0n) is 17.7. The van der Waals surface area contributed by atoms with Crippen LogP contribution in [0.25, 0.3) is 11.4 Å². The monoisotopic (exact) mass is 435 g/mol. The standard InChI is InChI=1S/C24H25N3O5/c28-22(16-30-19-4-2-1-3-5-19)27-14-21(15-27)31-20-8-6-17(7-9-20)23-25-24(32-26-23)18-10-12-29-13-11-18/h1-9,18,21H,10-16H2. The molecule has 0 aliphatic carbocycles. The van der Waals surface area contributed by atoms with Gasteiger partial charge in [-0.15, -0.1) is 0 Å². The van der Waals surface area contributed by atoms with Gasteiger partial charge in [0.2, 0.25) is 11.7 Å². The average molecular weight is 435 g/mol. The number of nitrogens with zero attached hydrogens (tertiary/aromatic N) is 3. The molecule has 0 N–H and O–H groups in total. The van der Waals surface area contributed by atoms with Crippen LogP contribution < -0.4 is 9.47 Å². The molecule has 0 spiro atoms. The molecule has 2 aliphatic rings. The lowest BCUT2D eigenvalue weighted by Crippen LogP contribution is -2.57. The van der Waals surface area contributed by atoms with E-state index in [0.29, 0.717) is 30.6 Å². The summed E-state index contributed by atoms with van der Waals surface area (Å²) in [5, 5.41) is 4.12. The molecular weight excluding hydrogens is 410 g/mol. The first kappa shape index (κ1) is 20.5. The summed E-state index contributed by atoms with van der Waals surface area (Å²) in [6.07, 6.45) is 1.80. The van der Waals surface area contributed by atoms with Crippen molar-refractivity contribution in [1.82, 2.24) is 15.0 Å². The second kappa shape index (κ2) is 9.40. The van der Waals surface area contributed by atoms with Crippen LogP contribution >= 0.6 is 0 Å². The molecule has 2 aliphatic heterocycles. The smallest absolute Gasteiger partial charge is 0.260 e. The van der Waals surface area contributed by atoms with Crippen LogP contribution in [0.4, 0.5) is 0 Å². The predicted molar refractivity (Wildman–Crippen MR) is 115 cm³/mol. The lowest BCUT2D eigenvalue weighted by atomic mass is 10.0. The van der Waals surface area contributed by atoms with E-state index in [9.17, 15) is 4.79 Å². The van der Waals surface area contributed by atoms with E-state index in [1.807, 2.05) is 54.6 Å². The van der Waals surface area contributed by atoms with Gasteiger partial charge in [-0.3, -0.25) is 4.79 Å². The number of likely N-dealkylation sites (tertiary alicyclic amines) is 1. The van der Waals surface area contributed by atoms with Crippen LogP contribution in [0, 0.1) is 0 Å². The topological polar surface area (TPSA) is 86.9 Å². The van der Waals surface area contributed by atoms with Gasteiger partial charge in [-0.2, -0.15) is 4.98 Å². The fraction of sp³-hybridized carbons (Fsp3) is 0.375. The fourth-order valence-corrected chi connectivity index (χ4v) is 3.81. The van der Waals surface area contributed by atoms with E-state index in [1.54, 1.807) is 4.90 Å². The van der Waals surface area contributed by atoms with Crippen molar-refractivity contribution in [2.45, 2.75) is 24.9 Å². The minimum absolute atomic E-state index is 0.0215. The van der Waals surface area contributed by atoms with Gasteiger partial charge in [-0.25, -0.2) is 0 Å². The number of hydrogen-bond donors (Lipinski definition) is 0. The Morgan fingerprint density at radius 2 is 1.75 bits per heavy atom. The number of para-hydroxylation sites is 1. The van der Waals surface area contributed by atoms with Gasteiger partial charge < -0.3 is 23.6 Å². The quantitative estimate of drug-likeness (QED) is 0.563. The van der Waals surface area contributed by atoms with E-state index in [1.165, 1.54) is 0 Å². The van der Waals surface area contributed by atoms with Crippen molar-refractivity contribution in [2.24, 2.45) is 0 Å². The highest BCUT2D eigenvalue weighted by Gasteiger charge is 2.32. The number of aromatic nitrogens is 2. The number of amides is 1. The molecule has 166 valence electrons. The van der Waals surface area contributed by atoms with Crippen molar-refractivity contribution < 1.29 is 23.5 Å². The minimum atomic E-state index is -0.0403. The van der Waals surface area contributed by atoms with E-state index >= 15 is 0 Å². The molecule has 0 atom stereocenters. The molecule has 0 radical (unpaired) electrons. The molecule has 0 bridgehead atoms. The first-order valence-corrected chi connectivity index (χ1v) is 10.9. The molecule has 1 aromatic heterocycles. The van der Waals surface area contributed by atoms with Crippen molar-refractivity contribution in [3.8, 4) is 22.9 Å². The van der Waals surface area contributed by atoms with E-state index in [-0.39, 0.29) is 24.5 Å². The summed E-state index contributed by atoms with van der Waals surface area (Å²) in [7, 11) is 0. The lowest BCUT2D eigenvalue weighted by Gasteiger charge is -2.38. The molecule has 3 aromatic rings. The third-order valence-corrected chi connectivity index (χ3v) is 5.73. The molecule has 8 heteroatoms. The van der Waals surface area contributed by atoms with Crippen molar-refractivity contribution in [3.63, 3.8) is 0 Å². The third kappa shape index (κ3) is 4.75. The maximum Gasteiger partial charge on any atom is 0.260 e. The zero-order valence-corrected chi connectivity index (χ0v) is 17.7. The van der Waals surface area contributed by atoms with Crippen LogP contribution in [0.3, 0.4) is 0 Å². The number of carbonyl (C=O) groups excluding carboxylic acids is 1. The molecule has 0 saturated carbocycles. The predicted octanol–water partition coefficient (Wildman–Crippen LogP) is 3.30. The number of benzene rings is 2. The molecule has 2 fully saturated rings. The van der Waals surface area contributed by atoms with Gasteiger partial charge in [-0.1, -0.05) is 23.4 Å². The highest BCUT2D eigenvalue weighted by Crippen LogP contribution is 2.28. The van der Waals surface area contributed by atoms with Gasteiger partial charge >= 0.3 is 0 Å². The Kier molecular flexibility index (Phi) is 6.02. The number of ether oxygens (including phenoxy) is 3. The largest absolute Gasteiger partial charge is 0.487 e. The molecule has 5 rings (SSSR count). The third-order valence-electron chi connectivity index (χ3n) is 5.73. The number of carbonyl (C=O) groups is 1. The van der Waals surface area contributed by atoms with Gasteiger partial charge in [0.1, 0.15) is 17.6 Å². The molecule has 2 aromatic carbocycles. The Balaban J connectivity index is 1.09. The maximum absolute atomic E-state index is 12.2. The van der Waals surface area contributed by atoms with E-state index < -0.39 is 0 Å². The molecule has 32 heavy (non-hydrogen) atoms. The van der Waals surface area contributed by atoms with Crippen LogP contribution in [0.5, 0.6) is 11.5 Å². The zero-order chi connectivity index (χ0) is 21.8. The van der Waals surface area contributed by atoms with Crippen molar-refractivity contribution in [2.75, 3.05) is 32.9 Å². The summed E-state index contributed by atoms with van der Waals surface area (Å²) >= 11 is 0. The van der Waals surface area contributed by atoms with E-state index in [0.717, 1.165) is 37.4 Å². The molecule has 2 saturated heterocycles. The second-order valence-electron chi connectivity index (χ2n) is 8.01. The van der Waals surface area contributed by atoms with Gasteiger partial charge in [0.25, 0.3) is 5.91 Å². The SMILES string of the molecule is O=C(COc1ccccc1)N1CC(Oc2ccc(-c3noc(C4CCOCC4)n3)cc2)C1. The lowest BCUT2D eigenvalue weighted by molar-refractivity contribution is -0.142. The molecular formula is C24H25N3O5. The normalized spacial score (nSPS) is 17.1. The van der Waals surface area contributed by atoms with Crippen LogP contribution in [-0.4, -0.2) is 60.0 Å². The number of rotatable bonds is 7. The Morgan fingerprint density at radius 3 is 2.50 bits per heavy atom. The summed E-state index contributed by atoms with van der Waals surface area (Å²) in [6, 6.07) is 17.0. The maximum atomic E-state index is 12.2. The highest BCUT2D eigenvalue weighted by molar-refractivity contribution is 5.78. The first-order chi connectivity index (χ1) is 15.7. The van der Waals surface area contributed by atoms with Crippen molar-refractivity contribution in [3.05, 3.63) is 60.5 Å². The van der Waals surface area contributed by atoms with Crippen LogP contribution in [0.2, 0.25) is 0 Å². The Hall–Kier alpha value is -3.39. The fourth-order valence-electron chi connectivity index (χ4n) is 3.81. The summed E-state index contributed by atoms with van der Waals surface area (Å²) < 4.78 is 22.3. The summed E-state index contributed by atoms with van der Waals surface area (Å²) in [5.41, 5.74) is 0.878. The summed E-state index contributed by atoms with van der Waals surface area (Å²) in [4.78, 5) is 18.5. The molecule has 1 amide bonds. The van der Waals surface area contributed by atoms with Crippen molar-refractivity contribution in [1.29, 1.82) is 0 Å². The van der Waals surface area contributed by atoms with E-state index in [4.69, 9.17) is 18.7 Å². The summed E-state index contributed by atoms with van der Waals surface area (Å²) in [5.74, 6) is 2.93. The molecule has 3 heterocycles. The van der Waals surface area contributed by atoms with Gasteiger partial charge in [0.15, 0.2) is 6.61 Å². The molecule has 0 unspecified atom stereocenters. The highest BCUT2D eigenvalue weighted by atomic mass is 16.5. The Labute approximate surface area is 186 Å². The van der Waals surface area contributed by atoms with Crippen LogP contribution in [0.1, 0.15) is 24.7 Å². The first-order valence-electron chi connectivity index (χ1n) is 10.9. The van der Waals surface area contributed by atoms with Gasteiger partial charge in [0.05, 0.1) is 13.1 Å². The Bertz CT molecular complexity index is 1030. The van der Waals surface area contributed by atoms with Gasteiger partial charge in [0, 0.05) is 24.7 Å². The van der Waals surface area contributed by atoms with Crippen LogP contribution in [0.15, 0.2) is 59.1 Å². The Morgan fingerprint density at radius 1 is 1.00 bits per heavy atom. The average Bonchev–Trinajstić information content (AvgIpc) is 3.32. The van der Waals surface area contributed by atoms with Crippen LogP contribution in [-0.2, 0) is 9.53 Å². The van der Waals surface area contributed by atoms with Gasteiger partial charge in [-0.05, 0) is 49.2 Å². The van der Waals surface area contributed by atoms with Crippen molar-refractivity contribution >= 4 is 5.91 Å².